The number of carbonyl (C=O) groups is 1. The molecule has 0 fully saturated rings. The van der Waals surface area contributed by atoms with Crippen molar-refractivity contribution in [3.8, 4) is 11.1 Å². The Morgan fingerprint density at radius 2 is 2.03 bits per heavy atom. The maximum Gasteiger partial charge on any atom is 0.260 e. The molecule has 0 spiro atoms. The number of fused-ring (bicyclic) bond motifs is 1. The van der Waals surface area contributed by atoms with Gasteiger partial charge in [0, 0.05) is 49.7 Å². The SMILES string of the molecule is C[C@@H](O)CNC(=O)c1cnccc1Nc1cc(-c2cc(Cl)ccc2F)c(=O)n2c1N(C)CCC2. The standard InChI is InChI=1S/C24H25ClFN5O3/c1-14(32)12-28-22(33)18-13-27-7-6-20(18)29-21-11-17(16-10-15(25)4-5-19(16)26)24(34)31-9-3-8-30(2)23(21)31/h4-7,10-11,13-14,32H,3,8-9,12H2,1-2H3,(H,27,29)(H,28,33)/t14-/m1/s1. The third-order valence-electron chi connectivity index (χ3n) is 5.61. The predicted octanol–water partition coefficient (Wildman–Crippen LogP) is 3.40. The Balaban J connectivity index is 1.84. The van der Waals surface area contributed by atoms with Crippen LogP contribution in [0.15, 0.2) is 47.5 Å². The molecule has 3 heterocycles. The van der Waals surface area contributed by atoms with Crippen molar-refractivity contribution in [3.05, 3.63) is 69.5 Å². The van der Waals surface area contributed by atoms with Crippen LogP contribution in [0, 0.1) is 5.82 Å². The zero-order chi connectivity index (χ0) is 24.4. The highest BCUT2D eigenvalue weighted by Gasteiger charge is 2.24. The number of pyridine rings is 2. The van der Waals surface area contributed by atoms with E-state index >= 15 is 0 Å². The summed E-state index contributed by atoms with van der Waals surface area (Å²) in [6.45, 7) is 2.87. The van der Waals surface area contributed by atoms with Gasteiger partial charge >= 0.3 is 0 Å². The number of aliphatic hydroxyl groups is 1. The number of amides is 1. The van der Waals surface area contributed by atoms with Gasteiger partial charge in [-0.15, -0.1) is 0 Å². The first kappa shape index (κ1) is 23.7. The zero-order valence-electron chi connectivity index (χ0n) is 18.8. The lowest BCUT2D eigenvalue weighted by atomic mass is 10.0. The average Bonchev–Trinajstić information content (AvgIpc) is 2.81. The topological polar surface area (TPSA) is 99.5 Å². The van der Waals surface area contributed by atoms with Crippen LogP contribution in [0.3, 0.4) is 0 Å². The number of hydrogen-bond acceptors (Lipinski definition) is 6. The Bertz CT molecular complexity index is 1290. The van der Waals surface area contributed by atoms with E-state index in [0.717, 1.165) is 13.0 Å². The molecule has 8 nitrogen and oxygen atoms in total. The van der Waals surface area contributed by atoms with Gasteiger partial charge in [0.2, 0.25) is 0 Å². The molecule has 1 atom stereocenters. The van der Waals surface area contributed by atoms with Crippen molar-refractivity contribution in [2.24, 2.45) is 0 Å². The van der Waals surface area contributed by atoms with Crippen LogP contribution in [0.1, 0.15) is 23.7 Å². The number of halogens is 2. The number of nitrogens with zero attached hydrogens (tertiary/aromatic N) is 3. The van der Waals surface area contributed by atoms with Gasteiger partial charge in [0.15, 0.2) is 0 Å². The highest BCUT2D eigenvalue weighted by atomic mass is 35.5. The van der Waals surface area contributed by atoms with Crippen molar-refractivity contribution in [1.82, 2.24) is 14.9 Å². The van der Waals surface area contributed by atoms with Gasteiger partial charge in [-0.1, -0.05) is 11.6 Å². The smallest absolute Gasteiger partial charge is 0.260 e. The van der Waals surface area contributed by atoms with Crippen LogP contribution in [0.5, 0.6) is 0 Å². The van der Waals surface area contributed by atoms with Crippen LogP contribution in [-0.2, 0) is 6.54 Å². The zero-order valence-corrected chi connectivity index (χ0v) is 19.6. The first-order valence-electron chi connectivity index (χ1n) is 10.9. The maximum absolute atomic E-state index is 14.7. The maximum atomic E-state index is 14.7. The Hall–Kier alpha value is -3.43. The van der Waals surface area contributed by atoms with E-state index in [1.165, 1.54) is 30.6 Å². The summed E-state index contributed by atoms with van der Waals surface area (Å²) in [4.78, 5) is 32.0. The summed E-state index contributed by atoms with van der Waals surface area (Å²) in [5, 5.41) is 15.7. The molecule has 34 heavy (non-hydrogen) atoms. The van der Waals surface area contributed by atoms with Crippen LogP contribution in [0.2, 0.25) is 5.02 Å². The van der Waals surface area contributed by atoms with Gasteiger partial charge in [0.25, 0.3) is 11.5 Å². The van der Waals surface area contributed by atoms with E-state index in [2.05, 4.69) is 15.6 Å². The lowest BCUT2D eigenvalue weighted by Gasteiger charge is -2.32. The minimum atomic E-state index is -0.700. The number of hydrogen-bond donors (Lipinski definition) is 3. The fourth-order valence-corrected chi connectivity index (χ4v) is 4.17. The second kappa shape index (κ2) is 9.82. The lowest BCUT2D eigenvalue weighted by Crippen LogP contribution is -2.36. The van der Waals surface area contributed by atoms with Crippen molar-refractivity contribution >= 4 is 34.7 Å². The molecule has 0 radical (unpaired) electrons. The second-order valence-electron chi connectivity index (χ2n) is 8.26. The molecule has 0 unspecified atom stereocenters. The molecule has 178 valence electrons. The third kappa shape index (κ3) is 4.76. The highest BCUT2D eigenvalue weighted by Crippen LogP contribution is 2.35. The van der Waals surface area contributed by atoms with Crippen LogP contribution in [0.4, 0.5) is 21.6 Å². The van der Waals surface area contributed by atoms with Crippen molar-refractivity contribution in [2.45, 2.75) is 26.0 Å². The van der Waals surface area contributed by atoms with E-state index in [1.54, 1.807) is 23.6 Å². The molecule has 3 aromatic rings. The summed E-state index contributed by atoms with van der Waals surface area (Å²) >= 11 is 6.09. The minimum absolute atomic E-state index is 0.0875. The number of aromatic nitrogens is 2. The normalized spacial score (nSPS) is 13.9. The molecule has 0 bridgehead atoms. The second-order valence-corrected chi connectivity index (χ2v) is 8.69. The summed E-state index contributed by atoms with van der Waals surface area (Å²) in [7, 11) is 1.87. The Morgan fingerprint density at radius 1 is 1.24 bits per heavy atom. The average molecular weight is 486 g/mol. The number of benzene rings is 1. The predicted molar refractivity (Wildman–Crippen MR) is 131 cm³/mol. The summed E-state index contributed by atoms with van der Waals surface area (Å²) in [5.41, 5.74) is 1.20. The van der Waals surface area contributed by atoms with Crippen LogP contribution in [0.25, 0.3) is 11.1 Å². The lowest BCUT2D eigenvalue weighted by molar-refractivity contribution is 0.0924. The number of anilines is 3. The molecule has 0 saturated carbocycles. The molecule has 10 heteroatoms. The van der Waals surface area contributed by atoms with E-state index in [-0.39, 0.29) is 28.8 Å². The molecule has 0 aliphatic carbocycles. The van der Waals surface area contributed by atoms with Crippen molar-refractivity contribution in [2.75, 3.05) is 30.4 Å². The fraction of sp³-hybridized carbons (Fsp3) is 0.292. The largest absolute Gasteiger partial charge is 0.392 e. The quantitative estimate of drug-likeness (QED) is 0.495. The fourth-order valence-electron chi connectivity index (χ4n) is 4.00. The molecule has 1 amide bonds. The first-order chi connectivity index (χ1) is 16.3. The Kier molecular flexibility index (Phi) is 6.85. The summed E-state index contributed by atoms with van der Waals surface area (Å²) in [6, 6.07) is 7.31. The van der Waals surface area contributed by atoms with E-state index < -0.39 is 17.8 Å². The monoisotopic (exact) mass is 485 g/mol. The van der Waals surface area contributed by atoms with Gasteiger partial charge in [-0.05, 0) is 43.7 Å². The Labute approximate surface area is 201 Å². The molecule has 2 aromatic heterocycles. The molecule has 4 rings (SSSR count). The van der Waals surface area contributed by atoms with E-state index in [1.807, 2.05) is 11.9 Å². The molecule has 0 saturated heterocycles. The summed E-state index contributed by atoms with van der Waals surface area (Å²) in [6.07, 6.45) is 3.01. The van der Waals surface area contributed by atoms with Gasteiger partial charge in [-0.2, -0.15) is 0 Å². The van der Waals surface area contributed by atoms with Crippen molar-refractivity contribution < 1.29 is 14.3 Å². The van der Waals surface area contributed by atoms with Crippen LogP contribution >= 0.6 is 11.6 Å². The van der Waals surface area contributed by atoms with Crippen LogP contribution < -0.4 is 21.1 Å². The first-order valence-corrected chi connectivity index (χ1v) is 11.3. The number of carbonyl (C=O) groups excluding carboxylic acids is 1. The van der Waals surface area contributed by atoms with Gasteiger partial charge in [-0.25, -0.2) is 4.39 Å². The Morgan fingerprint density at radius 3 is 2.79 bits per heavy atom. The van der Waals surface area contributed by atoms with Gasteiger partial charge in [0.05, 0.1) is 28.6 Å². The number of rotatable bonds is 6. The van der Waals surface area contributed by atoms with E-state index in [9.17, 15) is 19.1 Å². The minimum Gasteiger partial charge on any atom is -0.392 e. The van der Waals surface area contributed by atoms with Gasteiger partial charge in [0.1, 0.15) is 11.6 Å². The highest BCUT2D eigenvalue weighted by molar-refractivity contribution is 6.30. The molecule has 1 aliphatic heterocycles. The van der Waals surface area contributed by atoms with Gasteiger partial charge < -0.3 is 20.6 Å². The number of aliphatic hydroxyl groups excluding tert-OH is 1. The third-order valence-corrected chi connectivity index (χ3v) is 5.84. The van der Waals surface area contributed by atoms with E-state index in [0.29, 0.717) is 28.8 Å². The molecule has 1 aliphatic rings. The molecular weight excluding hydrogens is 461 g/mol. The number of nitrogens with one attached hydrogen (secondary N) is 2. The molecule has 1 aromatic carbocycles. The molecule has 3 N–H and O–H groups in total. The van der Waals surface area contributed by atoms with E-state index in [4.69, 9.17) is 11.6 Å². The summed E-state index contributed by atoms with van der Waals surface area (Å²) < 4.78 is 16.3. The van der Waals surface area contributed by atoms with Crippen LogP contribution in [-0.4, -0.2) is 46.8 Å². The molecular formula is C24H25ClFN5O3. The van der Waals surface area contributed by atoms with Crippen molar-refractivity contribution in [1.29, 1.82) is 0 Å². The summed E-state index contributed by atoms with van der Waals surface area (Å²) in [5.74, 6) is -0.332. The van der Waals surface area contributed by atoms with Crippen molar-refractivity contribution in [3.63, 3.8) is 0 Å². The van der Waals surface area contributed by atoms with Gasteiger partial charge in [-0.3, -0.25) is 19.1 Å².